The molecule has 1 rings (SSSR count). The minimum Gasteiger partial charge on any atom is -0.303 e. The topological polar surface area (TPSA) is 17.1 Å². The maximum atomic E-state index is 10.9. The lowest BCUT2D eigenvalue weighted by molar-refractivity contribution is -0.118. The third kappa shape index (κ3) is 2.32. The van der Waals surface area contributed by atoms with Crippen molar-refractivity contribution in [3.05, 3.63) is 0 Å². The van der Waals surface area contributed by atoms with Crippen molar-refractivity contribution in [2.24, 2.45) is 23.2 Å². The van der Waals surface area contributed by atoms with Crippen LogP contribution in [0.2, 0.25) is 0 Å². The molecule has 0 aromatic rings. The molecule has 0 aliphatic heterocycles. The number of carbonyl (C=O) groups is 1. The molecule has 1 aliphatic carbocycles. The number of aldehydes is 1. The first kappa shape index (κ1) is 10.7. The van der Waals surface area contributed by atoms with E-state index in [1.807, 2.05) is 0 Å². The average Bonchev–Trinajstić information content (AvgIpc) is 2.03. The Labute approximate surface area is 81.9 Å². The van der Waals surface area contributed by atoms with Gasteiger partial charge in [-0.3, -0.25) is 0 Å². The van der Waals surface area contributed by atoms with E-state index < -0.39 is 0 Å². The molecule has 1 saturated carbocycles. The highest BCUT2D eigenvalue weighted by Crippen LogP contribution is 2.43. The van der Waals surface area contributed by atoms with E-state index in [1.165, 1.54) is 12.7 Å². The fourth-order valence-electron chi connectivity index (χ4n) is 2.87. The Morgan fingerprint density at radius 1 is 1.46 bits per heavy atom. The summed E-state index contributed by atoms with van der Waals surface area (Å²) in [6.45, 7) is 8.99. The predicted molar refractivity (Wildman–Crippen MR) is 55.5 cm³/mol. The van der Waals surface area contributed by atoms with Crippen LogP contribution < -0.4 is 0 Å². The number of hydrogen-bond acceptors (Lipinski definition) is 1. The van der Waals surface area contributed by atoms with Gasteiger partial charge < -0.3 is 4.79 Å². The van der Waals surface area contributed by atoms with E-state index in [1.54, 1.807) is 0 Å². The molecule has 1 heteroatoms. The summed E-state index contributed by atoms with van der Waals surface area (Å²) in [6, 6.07) is 0. The predicted octanol–water partition coefficient (Wildman–Crippen LogP) is 3.28. The molecule has 3 unspecified atom stereocenters. The van der Waals surface area contributed by atoms with Crippen LogP contribution in [0.15, 0.2) is 0 Å². The van der Waals surface area contributed by atoms with Gasteiger partial charge >= 0.3 is 0 Å². The van der Waals surface area contributed by atoms with Gasteiger partial charge in [-0.25, -0.2) is 0 Å². The first-order valence-corrected chi connectivity index (χ1v) is 5.45. The molecule has 0 saturated heterocycles. The summed E-state index contributed by atoms with van der Waals surface area (Å²) in [5.74, 6) is 2.31. The number of carbonyl (C=O) groups excluding carboxylic acids is 1. The molecular formula is C12H22O. The zero-order chi connectivity index (χ0) is 10.1. The fraction of sp³-hybridized carbons (Fsp3) is 0.917. The van der Waals surface area contributed by atoms with Crippen LogP contribution in [0.4, 0.5) is 0 Å². The summed E-state index contributed by atoms with van der Waals surface area (Å²) in [7, 11) is 0. The van der Waals surface area contributed by atoms with Crippen molar-refractivity contribution in [2.75, 3.05) is 0 Å². The van der Waals surface area contributed by atoms with Crippen LogP contribution in [0, 0.1) is 23.2 Å². The van der Waals surface area contributed by atoms with Crippen LogP contribution in [-0.2, 0) is 4.79 Å². The Kier molecular flexibility index (Phi) is 3.15. The van der Waals surface area contributed by atoms with E-state index in [-0.39, 0.29) is 5.41 Å². The minimum atomic E-state index is -0.0230. The standard InChI is InChI=1S/C12H22O/c1-9(2)11-5-6-12(4,8-13)7-10(11)3/h8-11H,5-7H2,1-4H3. The molecule has 1 fully saturated rings. The molecule has 0 aromatic heterocycles. The van der Waals surface area contributed by atoms with Gasteiger partial charge in [0.15, 0.2) is 0 Å². The van der Waals surface area contributed by atoms with Crippen molar-refractivity contribution >= 4 is 6.29 Å². The Balaban J connectivity index is 2.61. The molecular weight excluding hydrogens is 160 g/mol. The highest BCUT2D eigenvalue weighted by Gasteiger charge is 2.36. The molecule has 1 nitrogen and oxygen atoms in total. The van der Waals surface area contributed by atoms with Gasteiger partial charge in [0.25, 0.3) is 0 Å². The van der Waals surface area contributed by atoms with Gasteiger partial charge in [0.05, 0.1) is 0 Å². The Morgan fingerprint density at radius 3 is 2.46 bits per heavy atom. The minimum absolute atomic E-state index is 0.0230. The number of hydrogen-bond donors (Lipinski definition) is 0. The summed E-state index contributed by atoms with van der Waals surface area (Å²) < 4.78 is 0. The molecule has 13 heavy (non-hydrogen) atoms. The maximum Gasteiger partial charge on any atom is 0.125 e. The van der Waals surface area contributed by atoms with Crippen LogP contribution >= 0.6 is 0 Å². The van der Waals surface area contributed by atoms with E-state index in [0.29, 0.717) is 5.92 Å². The Bertz CT molecular complexity index is 186. The maximum absolute atomic E-state index is 10.9. The lowest BCUT2D eigenvalue weighted by Gasteiger charge is -2.40. The third-order valence-corrected chi connectivity index (χ3v) is 3.71. The van der Waals surface area contributed by atoms with Gasteiger partial charge in [-0.1, -0.05) is 27.7 Å². The van der Waals surface area contributed by atoms with Gasteiger partial charge in [-0.15, -0.1) is 0 Å². The van der Waals surface area contributed by atoms with Crippen LogP contribution in [0.1, 0.15) is 47.0 Å². The van der Waals surface area contributed by atoms with Crippen molar-refractivity contribution in [3.63, 3.8) is 0 Å². The van der Waals surface area contributed by atoms with E-state index in [4.69, 9.17) is 0 Å². The Morgan fingerprint density at radius 2 is 2.08 bits per heavy atom. The van der Waals surface area contributed by atoms with Gasteiger partial charge in [0.2, 0.25) is 0 Å². The van der Waals surface area contributed by atoms with E-state index in [2.05, 4.69) is 27.7 Å². The molecule has 0 N–H and O–H groups in total. The second-order valence-electron chi connectivity index (χ2n) is 5.40. The molecule has 0 aromatic carbocycles. The Hall–Kier alpha value is -0.330. The van der Waals surface area contributed by atoms with Gasteiger partial charge in [0, 0.05) is 5.41 Å². The normalized spacial score (nSPS) is 40.7. The van der Waals surface area contributed by atoms with Crippen molar-refractivity contribution in [1.29, 1.82) is 0 Å². The zero-order valence-corrected chi connectivity index (χ0v) is 9.34. The lowest BCUT2D eigenvalue weighted by atomic mass is 9.65. The second-order valence-corrected chi connectivity index (χ2v) is 5.40. The number of rotatable bonds is 2. The van der Waals surface area contributed by atoms with Crippen molar-refractivity contribution < 1.29 is 4.79 Å². The fourth-order valence-corrected chi connectivity index (χ4v) is 2.87. The van der Waals surface area contributed by atoms with Gasteiger partial charge in [-0.05, 0) is 37.0 Å². The van der Waals surface area contributed by atoms with Gasteiger partial charge in [0.1, 0.15) is 6.29 Å². The summed E-state index contributed by atoms with van der Waals surface area (Å²) in [4.78, 5) is 10.9. The van der Waals surface area contributed by atoms with Crippen molar-refractivity contribution in [1.82, 2.24) is 0 Å². The third-order valence-electron chi connectivity index (χ3n) is 3.71. The first-order chi connectivity index (χ1) is 5.98. The molecule has 3 atom stereocenters. The van der Waals surface area contributed by atoms with Crippen molar-refractivity contribution in [2.45, 2.75) is 47.0 Å². The smallest absolute Gasteiger partial charge is 0.125 e. The first-order valence-electron chi connectivity index (χ1n) is 5.45. The SMILES string of the molecule is CC(C)C1CCC(C)(C=O)CC1C. The molecule has 0 amide bonds. The van der Waals surface area contributed by atoms with Gasteiger partial charge in [-0.2, -0.15) is 0 Å². The van der Waals surface area contributed by atoms with Crippen LogP contribution in [0.3, 0.4) is 0 Å². The molecule has 0 heterocycles. The molecule has 0 spiro atoms. The monoisotopic (exact) mass is 182 g/mol. The van der Waals surface area contributed by atoms with Crippen molar-refractivity contribution in [3.8, 4) is 0 Å². The average molecular weight is 182 g/mol. The molecule has 1 aliphatic rings. The summed E-state index contributed by atoms with van der Waals surface area (Å²) in [5.41, 5.74) is -0.0230. The lowest BCUT2D eigenvalue weighted by Crippen LogP contribution is -2.33. The second kappa shape index (κ2) is 3.81. The van der Waals surface area contributed by atoms with E-state index in [0.717, 1.165) is 24.7 Å². The summed E-state index contributed by atoms with van der Waals surface area (Å²) >= 11 is 0. The summed E-state index contributed by atoms with van der Waals surface area (Å²) in [6.07, 6.45) is 4.57. The van der Waals surface area contributed by atoms with E-state index in [9.17, 15) is 4.79 Å². The van der Waals surface area contributed by atoms with Crippen LogP contribution in [0.25, 0.3) is 0 Å². The quantitative estimate of drug-likeness (QED) is 0.599. The highest BCUT2D eigenvalue weighted by molar-refractivity contribution is 5.58. The summed E-state index contributed by atoms with van der Waals surface area (Å²) in [5, 5.41) is 0. The van der Waals surface area contributed by atoms with E-state index >= 15 is 0 Å². The van der Waals surface area contributed by atoms with Crippen LogP contribution in [0.5, 0.6) is 0 Å². The zero-order valence-electron chi connectivity index (χ0n) is 9.34. The van der Waals surface area contributed by atoms with Crippen LogP contribution in [-0.4, -0.2) is 6.29 Å². The largest absolute Gasteiger partial charge is 0.303 e. The highest BCUT2D eigenvalue weighted by atomic mass is 16.1. The molecule has 0 radical (unpaired) electrons. The molecule has 76 valence electrons. The molecule has 0 bridgehead atoms.